The predicted octanol–water partition coefficient (Wildman–Crippen LogP) is 6.08. The number of carbonyl (C=O) groups is 8. The number of nitrogens with one attached hydrogen (secondary N) is 2. The van der Waals surface area contributed by atoms with E-state index in [1.807, 2.05) is 56.5 Å². The van der Waals surface area contributed by atoms with Crippen molar-refractivity contribution in [2.24, 2.45) is 35.3 Å². The van der Waals surface area contributed by atoms with Crippen LogP contribution in [0.4, 0.5) is 11.8 Å². The Morgan fingerprint density at radius 2 is 1.55 bits per heavy atom. The zero-order valence-electron chi connectivity index (χ0n) is 69.4. The molecule has 0 radical (unpaired) electrons. The van der Waals surface area contributed by atoms with Crippen LogP contribution in [-0.4, -0.2) is 247 Å². The van der Waals surface area contributed by atoms with E-state index in [2.05, 4.69) is 35.9 Å². The molecule has 4 aromatic heterocycles. The van der Waals surface area contributed by atoms with Crippen molar-refractivity contribution in [2.45, 2.75) is 237 Å². The van der Waals surface area contributed by atoms with Crippen molar-refractivity contribution in [1.29, 1.82) is 0 Å². The monoisotopic (exact) mass is 1650 g/mol. The number of aryl methyl sites for hydroxylation is 2. The summed E-state index contributed by atoms with van der Waals surface area (Å²) in [4.78, 5) is 123. The highest BCUT2D eigenvalue weighted by atomic mass is 16.6. The molecule has 1 aromatic carbocycles. The van der Waals surface area contributed by atoms with Gasteiger partial charge in [0.1, 0.15) is 53.5 Å². The Balaban J connectivity index is 0.647. The second kappa shape index (κ2) is 46.0. The third-order valence-electron chi connectivity index (χ3n) is 22.6. The Labute approximate surface area is 688 Å². The molecular weight excluding hydrogens is 1530 g/mol. The number of oxazole rings is 1. The van der Waals surface area contributed by atoms with E-state index in [0.717, 1.165) is 34.6 Å². The number of amides is 3. The summed E-state index contributed by atoms with van der Waals surface area (Å²) >= 11 is 0. The predicted molar refractivity (Wildman–Crippen MR) is 435 cm³/mol. The molecule has 11 N–H and O–H groups in total. The Morgan fingerprint density at radius 1 is 0.780 bits per heavy atom. The van der Waals surface area contributed by atoms with Gasteiger partial charge in [0.2, 0.25) is 17.5 Å². The highest BCUT2D eigenvalue weighted by Crippen LogP contribution is 2.39. The fraction of sp³-hybridized carbons (Fsp3) is 0.643. The van der Waals surface area contributed by atoms with Crippen molar-refractivity contribution in [1.82, 2.24) is 55.3 Å². The fourth-order valence-electron chi connectivity index (χ4n) is 15.6. The van der Waals surface area contributed by atoms with Crippen LogP contribution in [0.1, 0.15) is 163 Å². The smallest absolute Gasteiger partial charge is 0.329 e. The molecule has 7 unspecified atom stereocenters. The van der Waals surface area contributed by atoms with Crippen LogP contribution in [0, 0.1) is 29.6 Å². The zero-order chi connectivity index (χ0) is 85.0. The molecule has 1 aliphatic carbocycles. The van der Waals surface area contributed by atoms with Gasteiger partial charge in [0, 0.05) is 108 Å². The first kappa shape index (κ1) is 92.9. The Bertz CT molecular complexity index is 4290. The number of esters is 1. The molecule has 9 rings (SSSR count). The summed E-state index contributed by atoms with van der Waals surface area (Å²) in [5.74, 6) is -10.5. The number of unbranched alkanes of at least 4 members (excludes halogenated alkanes) is 2. The number of anilines is 2. The van der Waals surface area contributed by atoms with E-state index in [1.54, 1.807) is 56.5 Å². The van der Waals surface area contributed by atoms with E-state index in [9.17, 15) is 53.7 Å². The molecule has 0 spiro atoms. The molecule has 15 atom stereocenters. The minimum Gasteiger partial charge on any atom is -0.459 e. The molecule has 3 fully saturated rings. The molecule has 3 amide bonds. The summed E-state index contributed by atoms with van der Waals surface area (Å²) in [6.07, 6.45) is 15.3. The van der Waals surface area contributed by atoms with Gasteiger partial charge in [0.15, 0.2) is 17.0 Å². The van der Waals surface area contributed by atoms with Gasteiger partial charge in [0.05, 0.1) is 81.7 Å². The second-order valence-electron chi connectivity index (χ2n) is 31.7. The molecule has 1 saturated carbocycles. The molecule has 2 saturated heterocycles. The largest absolute Gasteiger partial charge is 0.459 e. The quantitative estimate of drug-likeness (QED) is 0.0102. The number of ether oxygens (including phenoxy) is 8. The number of Topliss-reactive ketones (excluding diaryl/α,β-unsaturated/α-hetero) is 4. The van der Waals surface area contributed by atoms with Gasteiger partial charge in [-0.15, -0.1) is 5.10 Å². The number of nitrogens with two attached hydrogens (primary N) is 3. The maximum atomic E-state index is 14.7. The van der Waals surface area contributed by atoms with E-state index < -0.39 is 107 Å². The van der Waals surface area contributed by atoms with E-state index in [4.69, 9.17) is 64.6 Å². The normalized spacial score (nSPS) is 27.5. The molecule has 2 bridgehead atoms. The number of hydrogen-bond acceptors (Lipinski definition) is 29. The molecule has 7 heterocycles. The average molecular weight is 1650 g/mol. The average Bonchev–Trinajstić information content (AvgIpc) is 1.17. The van der Waals surface area contributed by atoms with Crippen LogP contribution in [0.25, 0.3) is 33.4 Å². The number of nitrogen functional groups attached to an aromatic ring is 2. The number of cyclic esters (lactones) is 1. The number of aromatic nitrogens is 8. The molecular formula is C84H122N14O20. The van der Waals surface area contributed by atoms with Crippen LogP contribution in [-0.2, 0) is 95.8 Å². The molecule has 34 heteroatoms. The number of methoxy groups -OCH3 is 2. The lowest BCUT2D eigenvalue weighted by Crippen LogP contribution is -2.61. The number of piperidine rings is 1. The van der Waals surface area contributed by atoms with Crippen LogP contribution in [0.3, 0.4) is 0 Å². The van der Waals surface area contributed by atoms with Crippen LogP contribution in [0.15, 0.2) is 82.7 Å². The van der Waals surface area contributed by atoms with Crippen molar-refractivity contribution in [3.05, 3.63) is 84.0 Å². The van der Waals surface area contributed by atoms with Gasteiger partial charge in [-0.3, -0.25) is 33.6 Å². The lowest BCUT2D eigenvalue weighted by molar-refractivity contribution is -0.265. The van der Waals surface area contributed by atoms with Gasteiger partial charge in [-0.25, -0.2) is 24.1 Å². The SMILES string of the molecule is COC1C[C@@H]2CC[C@@H](C)[C@@](O)(O2)C(=O)C(=O)N2CCCC[C@H]2C(=O)OC([C@H](N)CC2CCC(OCCCCc3cn(CCOCCOCCOCCNC(=O)CCC(=O)C(=O)NCCCCn4nc(-c5ccc6oc(N)nc6c5)c5c(N)ncnc54)nn3)[C@H](OC)C2)CC(=O)C(C)/C=C(\C)[C@@H](O)[C@@H](O)C(=O)C(C)CC(C)/C=C/C=C/C=C/1C. The molecule has 118 heavy (non-hydrogen) atoms. The number of hydrogen-bond donors (Lipinski definition) is 8. The Morgan fingerprint density at radius 3 is 2.32 bits per heavy atom. The van der Waals surface area contributed by atoms with Gasteiger partial charge >= 0.3 is 5.97 Å². The number of ketones is 4. The van der Waals surface area contributed by atoms with Crippen LogP contribution < -0.4 is 27.8 Å². The first-order valence-corrected chi connectivity index (χ1v) is 41.5. The van der Waals surface area contributed by atoms with Gasteiger partial charge < -0.3 is 90.4 Å². The first-order valence-electron chi connectivity index (χ1n) is 41.5. The highest BCUT2D eigenvalue weighted by Gasteiger charge is 2.53. The fourth-order valence-corrected chi connectivity index (χ4v) is 15.6. The van der Waals surface area contributed by atoms with Crippen LogP contribution >= 0.6 is 0 Å². The zero-order valence-corrected chi connectivity index (χ0v) is 69.4. The second-order valence-corrected chi connectivity index (χ2v) is 31.7. The number of nitrogens with zero attached hydrogens (tertiary/aromatic N) is 9. The van der Waals surface area contributed by atoms with E-state index in [1.165, 1.54) is 19.3 Å². The molecule has 5 aromatic rings. The third kappa shape index (κ3) is 26.5. The minimum atomic E-state index is -2.50. The summed E-state index contributed by atoms with van der Waals surface area (Å²) in [7, 11) is 3.19. The maximum absolute atomic E-state index is 14.7. The van der Waals surface area contributed by atoms with Crippen LogP contribution in [0.5, 0.6) is 0 Å². The first-order chi connectivity index (χ1) is 56.7. The van der Waals surface area contributed by atoms with Crippen molar-refractivity contribution in [2.75, 3.05) is 91.6 Å². The van der Waals surface area contributed by atoms with Crippen molar-refractivity contribution in [3.63, 3.8) is 0 Å². The minimum absolute atomic E-state index is 0.0187. The van der Waals surface area contributed by atoms with Gasteiger partial charge in [-0.05, 0) is 151 Å². The lowest BCUT2D eigenvalue weighted by atomic mass is 9.80. The summed E-state index contributed by atoms with van der Waals surface area (Å²) in [5, 5.41) is 53.9. The molecule has 648 valence electrons. The molecule has 4 aliphatic rings. The Kier molecular flexibility index (Phi) is 36.2. The molecule has 34 nitrogen and oxygen atoms in total. The summed E-state index contributed by atoms with van der Waals surface area (Å²) in [6, 6.07) is 3.27. The summed E-state index contributed by atoms with van der Waals surface area (Å²) in [6.45, 7) is 14.1. The number of benzene rings is 1. The summed E-state index contributed by atoms with van der Waals surface area (Å²) < 4.78 is 56.5. The standard InChI is InChI=1S/C84H122N14O20/c1-51-18-10-9-11-19-52(2)68(110-7)47-60-25-22-56(6)84(109,118-60)77(105)81(107)97-32-15-12-21-63(97)82(108)116-69(48-65(100)53(3)43-55(5)75(103)76(104)74(102)54(4)42-51)61(85)44-57-23-27-67(70(45-57)111-8)115-35-17-13-20-59-49-96(95-93-59)34-37-113-39-41-114-40-38-112-36-31-88-71(101)29-26-64(99)80(106)89-30-14-16-33-98-79-72(78(86)90-50-91-79)73(94-98)58-24-28-66-62(46-58)92-83(87)117-66/h9-11,18-19,24,28,43,46,49-51,53-54,56-57,60-61,63,67-70,75-76,103-104,109H,12-17,20-23,25-27,29-42,44-45,47-48,85H2,1-8H3,(H2,87,92)(H,88,101)(H,89,106)(H2,86,90,91)/b11-9+,18-10+,52-19+,55-43+/t51?,53?,54?,56-,57?,60+,61-,63+,67?,68?,69?,70-,75-,76+,84-/m1/s1. The van der Waals surface area contributed by atoms with Crippen LogP contribution in [0.2, 0.25) is 0 Å². The van der Waals surface area contributed by atoms with Crippen molar-refractivity contribution >= 4 is 80.8 Å². The molecule has 3 aliphatic heterocycles. The van der Waals surface area contributed by atoms with Gasteiger partial charge in [-0.2, -0.15) is 10.1 Å². The highest BCUT2D eigenvalue weighted by molar-refractivity contribution is 6.39. The van der Waals surface area contributed by atoms with Gasteiger partial charge in [0.25, 0.3) is 23.6 Å². The third-order valence-corrected chi connectivity index (χ3v) is 22.6. The number of allylic oxidation sites excluding steroid dienone is 6. The topological polar surface area (TPSA) is 477 Å². The van der Waals surface area contributed by atoms with Crippen molar-refractivity contribution in [3.8, 4) is 11.3 Å². The van der Waals surface area contributed by atoms with Gasteiger partial charge in [-0.1, -0.05) is 69.4 Å². The number of fused-ring (bicyclic) bond motifs is 5. The number of aliphatic hydroxyl groups is 3. The maximum Gasteiger partial charge on any atom is 0.329 e. The van der Waals surface area contributed by atoms with E-state index in [-0.39, 0.29) is 106 Å². The summed E-state index contributed by atoms with van der Waals surface area (Å²) in [5.41, 5.74) is 23.9. The van der Waals surface area contributed by atoms with Crippen molar-refractivity contribution < 1.29 is 96.0 Å². The Hall–Kier alpha value is -8.94. The lowest BCUT2D eigenvalue weighted by Gasteiger charge is -2.42. The number of carbonyl (C=O) groups excluding carboxylic acids is 8. The number of aliphatic hydroxyl groups excluding tert-OH is 2. The van der Waals surface area contributed by atoms with E-state index in [0.29, 0.717) is 158 Å². The number of rotatable bonds is 33. The van der Waals surface area contributed by atoms with E-state index >= 15 is 0 Å².